The number of hydrogen-bond donors (Lipinski definition) is 2. The van der Waals surface area contributed by atoms with Crippen molar-refractivity contribution in [1.82, 2.24) is 4.90 Å². The summed E-state index contributed by atoms with van der Waals surface area (Å²) in [5.41, 5.74) is 8.83. The van der Waals surface area contributed by atoms with Crippen molar-refractivity contribution in [1.29, 1.82) is 0 Å². The topological polar surface area (TPSA) is 58.4 Å². The van der Waals surface area contributed by atoms with Crippen LogP contribution in [0.25, 0.3) is 0 Å². The molecule has 1 aliphatic carbocycles. The first-order chi connectivity index (χ1) is 11.0. The third-order valence-electron chi connectivity index (χ3n) is 5.70. The Morgan fingerprint density at radius 3 is 2.30 bits per heavy atom. The van der Waals surface area contributed by atoms with Gasteiger partial charge in [0.15, 0.2) is 0 Å². The number of nitrogens with zero attached hydrogens (tertiary/aromatic N) is 1. The molecule has 0 aromatic heterocycles. The summed E-state index contributed by atoms with van der Waals surface area (Å²) >= 11 is 0. The normalized spacial score (nSPS) is 22.2. The first-order valence-electron chi connectivity index (χ1n) is 8.90. The van der Waals surface area contributed by atoms with Gasteiger partial charge in [0.05, 0.1) is 5.54 Å². The molecule has 1 saturated heterocycles. The van der Waals surface area contributed by atoms with Crippen LogP contribution in [0.4, 0.5) is 5.69 Å². The summed E-state index contributed by atoms with van der Waals surface area (Å²) in [6.07, 6.45) is 6.82. The number of amides is 1. The third kappa shape index (κ3) is 3.43. The molecule has 1 aliphatic heterocycles. The lowest BCUT2D eigenvalue weighted by Crippen LogP contribution is -2.58. The smallest absolute Gasteiger partial charge is 0.244 e. The van der Waals surface area contributed by atoms with E-state index in [1.165, 1.54) is 25.7 Å². The lowest BCUT2D eigenvalue weighted by Gasteiger charge is -2.40. The maximum Gasteiger partial charge on any atom is 0.244 e. The molecule has 0 bridgehead atoms. The maximum absolute atomic E-state index is 12.8. The van der Waals surface area contributed by atoms with Crippen LogP contribution < -0.4 is 11.1 Å². The molecule has 1 heterocycles. The number of hydrogen-bond acceptors (Lipinski definition) is 3. The Hall–Kier alpha value is -1.39. The number of para-hydroxylation sites is 1. The highest BCUT2D eigenvalue weighted by atomic mass is 16.2. The van der Waals surface area contributed by atoms with Crippen molar-refractivity contribution in [3.8, 4) is 0 Å². The summed E-state index contributed by atoms with van der Waals surface area (Å²) in [5.74, 6) is -0.0269. The second-order valence-corrected chi connectivity index (χ2v) is 7.35. The Labute approximate surface area is 139 Å². The van der Waals surface area contributed by atoms with Crippen molar-refractivity contribution in [2.75, 3.05) is 18.4 Å². The summed E-state index contributed by atoms with van der Waals surface area (Å²) in [5, 5.41) is 3.09. The summed E-state index contributed by atoms with van der Waals surface area (Å²) in [6.45, 7) is 5.94. The van der Waals surface area contributed by atoms with Crippen LogP contribution in [-0.4, -0.2) is 35.5 Å². The van der Waals surface area contributed by atoms with Crippen LogP contribution in [0.2, 0.25) is 0 Å². The Morgan fingerprint density at radius 1 is 1.17 bits per heavy atom. The van der Waals surface area contributed by atoms with Gasteiger partial charge in [-0.3, -0.25) is 4.79 Å². The maximum atomic E-state index is 12.8. The van der Waals surface area contributed by atoms with E-state index in [0.29, 0.717) is 0 Å². The average molecular weight is 315 g/mol. The lowest BCUT2D eigenvalue weighted by molar-refractivity contribution is -0.123. The van der Waals surface area contributed by atoms with E-state index in [4.69, 9.17) is 5.73 Å². The monoisotopic (exact) mass is 315 g/mol. The van der Waals surface area contributed by atoms with Crippen molar-refractivity contribution < 1.29 is 4.79 Å². The van der Waals surface area contributed by atoms with E-state index in [9.17, 15) is 4.79 Å². The Balaban J connectivity index is 1.63. The van der Waals surface area contributed by atoms with E-state index in [1.807, 2.05) is 32.0 Å². The number of nitrogens with two attached hydrogens (primary N) is 1. The number of nitrogens with one attached hydrogen (secondary N) is 1. The van der Waals surface area contributed by atoms with Crippen LogP contribution in [0.3, 0.4) is 0 Å². The zero-order valence-corrected chi connectivity index (χ0v) is 14.4. The molecule has 3 rings (SSSR count). The van der Waals surface area contributed by atoms with E-state index < -0.39 is 5.54 Å². The van der Waals surface area contributed by atoms with Crippen molar-refractivity contribution in [2.24, 2.45) is 5.73 Å². The number of carbonyl (C=O) groups excluding carboxylic acids is 1. The quantitative estimate of drug-likeness (QED) is 0.901. The number of piperidine rings is 1. The highest BCUT2D eigenvalue weighted by Gasteiger charge is 2.39. The van der Waals surface area contributed by atoms with Gasteiger partial charge in [-0.2, -0.15) is 0 Å². The molecule has 0 radical (unpaired) electrons. The van der Waals surface area contributed by atoms with Crippen molar-refractivity contribution >= 4 is 11.6 Å². The zero-order chi connectivity index (χ0) is 16.4. The molecule has 4 heteroatoms. The Morgan fingerprint density at radius 2 is 1.74 bits per heavy atom. The fourth-order valence-electron chi connectivity index (χ4n) is 4.03. The molecule has 0 atom stereocenters. The Bertz CT molecular complexity index is 550. The molecule has 1 saturated carbocycles. The van der Waals surface area contributed by atoms with Gasteiger partial charge in [0.1, 0.15) is 0 Å². The van der Waals surface area contributed by atoms with Gasteiger partial charge in [0, 0.05) is 24.8 Å². The first-order valence-corrected chi connectivity index (χ1v) is 8.90. The SMILES string of the molecule is Cc1cccc(C)c1NC(=O)C1(N)CCN(C2CCCC2)CC1. The predicted molar refractivity (Wildman–Crippen MR) is 94.5 cm³/mol. The number of rotatable bonds is 3. The van der Waals surface area contributed by atoms with E-state index in [2.05, 4.69) is 10.2 Å². The second kappa shape index (κ2) is 6.62. The molecule has 126 valence electrons. The van der Waals surface area contributed by atoms with Crippen LogP contribution in [0, 0.1) is 13.8 Å². The van der Waals surface area contributed by atoms with Gasteiger partial charge >= 0.3 is 0 Å². The van der Waals surface area contributed by atoms with E-state index in [-0.39, 0.29) is 5.91 Å². The molecule has 3 N–H and O–H groups in total. The summed E-state index contributed by atoms with van der Waals surface area (Å²) in [6, 6.07) is 6.78. The molecule has 23 heavy (non-hydrogen) atoms. The number of carbonyl (C=O) groups is 1. The lowest BCUT2D eigenvalue weighted by atomic mass is 9.86. The van der Waals surface area contributed by atoms with Gasteiger partial charge in [-0.1, -0.05) is 31.0 Å². The highest BCUT2D eigenvalue weighted by Crippen LogP contribution is 2.30. The van der Waals surface area contributed by atoms with Gasteiger partial charge in [-0.25, -0.2) is 0 Å². The first kappa shape index (κ1) is 16.5. The molecule has 0 unspecified atom stereocenters. The van der Waals surface area contributed by atoms with Gasteiger partial charge in [0.25, 0.3) is 0 Å². The minimum Gasteiger partial charge on any atom is -0.324 e. The molecule has 1 amide bonds. The largest absolute Gasteiger partial charge is 0.324 e. The van der Waals surface area contributed by atoms with Crippen LogP contribution in [0.5, 0.6) is 0 Å². The minimum absolute atomic E-state index is 0.0269. The number of benzene rings is 1. The van der Waals surface area contributed by atoms with Crippen LogP contribution in [0.1, 0.15) is 49.7 Å². The van der Waals surface area contributed by atoms with Gasteiger partial charge in [0.2, 0.25) is 5.91 Å². The van der Waals surface area contributed by atoms with Crippen molar-refractivity contribution in [3.63, 3.8) is 0 Å². The average Bonchev–Trinajstić information content (AvgIpc) is 3.06. The summed E-state index contributed by atoms with van der Waals surface area (Å²) in [7, 11) is 0. The molecular weight excluding hydrogens is 286 g/mol. The number of anilines is 1. The van der Waals surface area contributed by atoms with Crippen molar-refractivity contribution in [2.45, 2.75) is 64.0 Å². The molecule has 1 aromatic carbocycles. The summed E-state index contributed by atoms with van der Waals surface area (Å²) in [4.78, 5) is 15.3. The number of aryl methyl sites for hydroxylation is 2. The van der Waals surface area contributed by atoms with Crippen LogP contribution in [-0.2, 0) is 4.79 Å². The molecule has 0 spiro atoms. The minimum atomic E-state index is -0.732. The molecule has 1 aromatic rings. The molecule has 4 nitrogen and oxygen atoms in total. The van der Waals surface area contributed by atoms with Crippen LogP contribution >= 0.6 is 0 Å². The Kier molecular flexibility index (Phi) is 4.74. The van der Waals surface area contributed by atoms with Crippen molar-refractivity contribution in [3.05, 3.63) is 29.3 Å². The second-order valence-electron chi connectivity index (χ2n) is 7.35. The molecule has 2 aliphatic rings. The van der Waals surface area contributed by atoms with Crippen LogP contribution in [0.15, 0.2) is 18.2 Å². The van der Waals surface area contributed by atoms with E-state index >= 15 is 0 Å². The van der Waals surface area contributed by atoms with Gasteiger partial charge in [-0.15, -0.1) is 0 Å². The number of likely N-dealkylation sites (tertiary alicyclic amines) is 1. The fraction of sp³-hybridized carbons (Fsp3) is 0.632. The van der Waals surface area contributed by atoms with Gasteiger partial charge in [-0.05, 0) is 50.7 Å². The van der Waals surface area contributed by atoms with Gasteiger partial charge < -0.3 is 16.0 Å². The molecule has 2 fully saturated rings. The zero-order valence-electron chi connectivity index (χ0n) is 14.4. The predicted octanol–water partition coefficient (Wildman–Crippen LogP) is 2.98. The highest BCUT2D eigenvalue weighted by molar-refractivity contribution is 5.99. The fourth-order valence-corrected chi connectivity index (χ4v) is 4.03. The van der Waals surface area contributed by atoms with E-state index in [1.54, 1.807) is 0 Å². The summed E-state index contributed by atoms with van der Waals surface area (Å²) < 4.78 is 0. The standard InChI is InChI=1S/C19H29N3O/c1-14-6-5-7-15(2)17(14)21-18(23)19(20)10-12-22(13-11-19)16-8-3-4-9-16/h5-7,16H,3-4,8-13,20H2,1-2H3,(H,21,23). The third-order valence-corrected chi connectivity index (χ3v) is 5.70. The van der Waals surface area contributed by atoms with E-state index in [0.717, 1.165) is 48.8 Å². The molecular formula is C19H29N3O.